The molecule has 17 heteroatoms. The van der Waals surface area contributed by atoms with Crippen LogP contribution in [0.5, 0.6) is 11.5 Å². The molecule has 0 aliphatic carbocycles. The fourth-order valence-electron chi connectivity index (χ4n) is 6.42. The van der Waals surface area contributed by atoms with Crippen molar-refractivity contribution in [3.05, 3.63) is 74.8 Å². The van der Waals surface area contributed by atoms with E-state index < -0.39 is 70.9 Å². The summed E-state index contributed by atoms with van der Waals surface area (Å²) in [5.41, 5.74) is -1.75. The summed E-state index contributed by atoms with van der Waals surface area (Å²) in [6.45, 7) is 3.52. The summed E-state index contributed by atoms with van der Waals surface area (Å²) in [4.78, 5) is 52.4. The number of fused-ring (bicyclic) bond motifs is 5. The molecule has 0 unspecified atom stereocenters. The van der Waals surface area contributed by atoms with E-state index in [-0.39, 0.29) is 29.3 Å². The van der Waals surface area contributed by atoms with E-state index in [0.717, 1.165) is 17.2 Å². The van der Waals surface area contributed by atoms with Crippen molar-refractivity contribution in [3.63, 3.8) is 0 Å². The fourth-order valence-corrected chi connectivity index (χ4v) is 6.73. The van der Waals surface area contributed by atoms with E-state index in [1.165, 1.54) is 45.4 Å². The van der Waals surface area contributed by atoms with Gasteiger partial charge in [0.15, 0.2) is 5.72 Å². The van der Waals surface area contributed by atoms with Crippen LogP contribution in [0.25, 0.3) is 0 Å². The number of rotatable bonds is 6. The van der Waals surface area contributed by atoms with Crippen molar-refractivity contribution in [3.8, 4) is 11.5 Å². The van der Waals surface area contributed by atoms with Gasteiger partial charge >= 0.3 is 12.2 Å². The largest absolute Gasteiger partial charge is 0.496 e. The van der Waals surface area contributed by atoms with Crippen LogP contribution in [0.4, 0.5) is 26.7 Å². The van der Waals surface area contributed by atoms with E-state index in [4.69, 9.17) is 40.0 Å². The lowest BCUT2D eigenvalue weighted by molar-refractivity contribution is -0.384. The van der Waals surface area contributed by atoms with Crippen molar-refractivity contribution in [1.82, 2.24) is 5.32 Å². The van der Waals surface area contributed by atoms with Gasteiger partial charge in [-0.15, -0.1) is 0 Å². The molecule has 0 aromatic heterocycles. The highest BCUT2D eigenvalue weighted by Crippen LogP contribution is 2.47. The zero-order valence-electron chi connectivity index (χ0n) is 29.5. The van der Waals surface area contributed by atoms with Gasteiger partial charge in [0.25, 0.3) is 5.69 Å². The van der Waals surface area contributed by atoms with Gasteiger partial charge in [-0.05, 0) is 50.1 Å². The predicted molar refractivity (Wildman–Crippen MR) is 188 cm³/mol. The molecule has 2 aromatic carbocycles. The molecule has 4 bridgehead atoms. The Bertz CT molecular complexity index is 1800. The third-order valence-electron chi connectivity index (χ3n) is 9.38. The van der Waals surface area contributed by atoms with E-state index >= 15 is 0 Å². The van der Waals surface area contributed by atoms with E-state index in [9.17, 15) is 29.6 Å². The molecule has 2 saturated heterocycles. The maximum atomic E-state index is 14.0. The smallest absolute Gasteiger partial charge is 0.412 e. The first-order chi connectivity index (χ1) is 24.6. The molecule has 3 aliphatic rings. The van der Waals surface area contributed by atoms with Gasteiger partial charge in [-0.3, -0.25) is 25.5 Å². The Labute approximate surface area is 304 Å². The minimum Gasteiger partial charge on any atom is -0.496 e. The average Bonchev–Trinajstić information content (AvgIpc) is 3.74. The number of nitro groups is 1. The number of benzene rings is 2. The Morgan fingerprint density at radius 3 is 2.62 bits per heavy atom. The predicted octanol–water partition coefficient (Wildman–Crippen LogP) is 5.04. The van der Waals surface area contributed by atoms with Crippen LogP contribution >= 0.6 is 11.6 Å². The maximum Gasteiger partial charge on any atom is 0.412 e. The minimum absolute atomic E-state index is 0.0614. The van der Waals surface area contributed by atoms with Crippen LogP contribution in [0, 0.1) is 10.1 Å². The molecule has 3 aliphatic heterocycles. The van der Waals surface area contributed by atoms with Crippen molar-refractivity contribution in [2.75, 3.05) is 38.6 Å². The van der Waals surface area contributed by atoms with Crippen molar-refractivity contribution in [1.29, 1.82) is 0 Å². The van der Waals surface area contributed by atoms with Gasteiger partial charge in [0.05, 0.1) is 43.4 Å². The lowest BCUT2D eigenvalue weighted by atomic mass is 9.90. The monoisotopic (exact) mass is 744 g/mol. The number of nitrogens with one attached hydrogen (secondary N) is 2. The summed E-state index contributed by atoms with van der Waals surface area (Å²) in [5, 5.41) is 28.4. The van der Waals surface area contributed by atoms with Crippen LogP contribution < -0.4 is 25.0 Å². The molecule has 3 heterocycles. The summed E-state index contributed by atoms with van der Waals surface area (Å²) in [5.74, 6) is 0.0199. The molecule has 16 nitrogen and oxygen atoms in total. The van der Waals surface area contributed by atoms with Crippen LogP contribution in [0.1, 0.15) is 38.7 Å². The molecule has 3 N–H and O–H groups in total. The van der Waals surface area contributed by atoms with E-state index in [2.05, 4.69) is 10.6 Å². The summed E-state index contributed by atoms with van der Waals surface area (Å²) in [6.07, 6.45) is -0.601. The normalized spacial score (nSPS) is 29.3. The minimum atomic E-state index is -1.85. The van der Waals surface area contributed by atoms with E-state index in [1.807, 2.05) is 13.0 Å². The van der Waals surface area contributed by atoms with Gasteiger partial charge in [0, 0.05) is 27.0 Å². The molecule has 0 radical (unpaired) electrons. The van der Waals surface area contributed by atoms with Crippen LogP contribution in [0.15, 0.2) is 54.1 Å². The molecule has 2 fully saturated rings. The number of anilines is 2. The number of carbonyl (C=O) groups is 3. The Morgan fingerprint density at radius 1 is 1.19 bits per heavy atom. The number of epoxide rings is 1. The number of nitro benzene ring substituents is 1. The molecule has 3 amide bonds. The SMILES string of the molecule is COc1ccc(NC(=O)O[C@H]2CC(=O)N(C)c3cc(cc(OC)c3Cl)C/C(C)=C/C=C/[C@@H](OC)[C@@]3(O)C[C@@H](C[C@@H]4O[C@@]24C)OC(=O)N3)c([N+](=O)[O-])c1. The standard InChI is InChI=1S/C35H41ClN4O12/c1-19-8-7-9-27(49-6)35(44)18-22(50-33(43)38-35)16-29-34(2,52-29)28(51-32(42)37-23-11-10-21(47-4)15-24(23)40(45)46)17-30(41)39(3)25-13-20(12-19)14-26(48-5)31(25)36/h7-11,13-15,22,27-29,44H,12,16-18H2,1-6H3,(H,37,42)(H,38,43)/b9-7+,19-8+/t22-,27-,28+,29+,34+,35+/m1/s1. The molecule has 0 spiro atoms. The average molecular weight is 745 g/mol. The van der Waals surface area contributed by atoms with E-state index in [1.54, 1.807) is 31.2 Å². The third-order valence-corrected chi connectivity index (χ3v) is 9.76. The Morgan fingerprint density at radius 2 is 1.94 bits per heavy atom. The zero-order valence-corrected chi connectivity index (χ0v) is 30.2. The summed E-state index contributed by atoms with van der Waals surface area (Å²) >= 11 is 6.70. The topological polar surface area (TPSA) is 201 Å². The number of carbonyl (C=O) groups excluding carboxylic acids is 3. The lowest BCUT2D eigenvalue weighted by Gasteiger charge is -2.40. The lowest BCUT2D eigenvalue weighted by Crippen LogP contribution is -2.62. The van der Waals surface area contributed by atoms with Crippen molar-refractivity contribution in [2.45, 2.75) is 75.3 Å². The molecule has 0 saturated carbocycles. The zero-order chi connectivity index (χ0) is 38.0. The van der Waals surface area contributed by atoms with Crippen molar-refractivity contribution in [2.24, 2.45) is 0 Å². The number of allylic oxidation sites excluding steroid dienone is 3. The second-order valence-electron chi connectivity index (χ2n) is 13.0. The number of hydrogen-bond acceptors (Lipinski definition) is 12. The second kappa shape index (κ2) is 15.4. The highest BCUT2D eigenvalue weighted by Gasteiger charge is 2.61. The molecule has 2 aromatic rings. The number of hydrogen-bond donors (Lipinski definition) is 3. The number of alkyl carbamates (subject to hydrolysis) is 1. The number of ether oxygens (including phenoxy) is 6. The van der Waals surface area contributed by atoms with Gasteiger partial charge in [0.2, 0.25) is 5.91 Å². The third kappa shape index (κ3) is 8.25. The number of aliphatic hydroxyl groups is 1. The number of methoxy groups -OCH3 is 3. The van der Waals surface area contributed by atoms with Crippen LogP contribution in [0.2, 0.25) is 5.02 Å². The first-order valence-corrected chi connectivity index (χ1v) is 16.7. The first-order valence-electron chi connectivity index (χ1n) is 16.3. The summed E-state index contributed by atoms with van der Waals surface area (Å²) in [7, 11) is 5.72. The van der Waals surface area contributed by atoms with Gasteiger partial charge in [-0.1, -0.05) is 35.4 Å². The number of amides is 3. The molecular formula is C35H41ClN4O12. The summed E-state index contributed by atoms with van der Waals surface area (Å²) in [6, 6.07) is 7.36. The van der Waals surface area contributed by atoms with Crippen LogP contribution in [-0.2, 0) is 30.2 Å². The second-order valence-corrected chi connectivity index (χ2v) is 13.4. The molecule has 52 heavy (non-hydrogen) atoms. The Hall–Kier alpha value is -4.90. The van der Waals surface area contributed by atoms with Crippen LogP contribution in [-0.4, -0.2) is 92.2 Å². The fraction of sp³-hybridized carbons (Fsp3) is 0.457. The highest BCUT2D eigenvalue weighted by atomic mass is 35.5. The Balaban J connectivity index is 1.52. The van der Waals surface area contributed by atoms with Crippen molar-refractivity contribution < 1.29 is 52.8 Å². The van der Waals surface area contributed by atoms with Crippen molar-refractivity contribution >= 4 is 46.8 Å². The van der Waals surface area contributed by atoms with Gasteiger partial charge in [-0.2, -0.15) is 0 Å². The Kier molecular flexibility index (Phi) is 11.3. The molecule has 5 rings (SSSR count). The first kappa shape index (κ1) is 38.3. The molecular weight excluding hydrogens is 704 g/mol. The maximum absolute atomic E-state index is 14.0. The van der Waals surface area contributed by atoms with Gasteiger partial charge in [-0.25, -0.2) is 9.59 Å². The quantitative estimate of drug-likeness (QED) is 0.202. The van der Waals surface area contributed by atoms with E-state index in [0.29, 0.717) is 17.9 Å². The van der Waals surface area contributed by atoms with Gasteiger partial charge in [0.1, 0.15) is 46.1 Å². The molecule has 280 valence electrons. The highest BCUT2D eigenvalue weighted by molar-refractivity contribution is 6.35. The van der Waals surface area contributed by atoms with Gasteiger partial charge < -0.3 is 38.4 Å². The van der Waals surface area contributed by atoms with Crippen LogP contribution in [0.3, 0.4) is 0 Å². The molecule has 6 atom stereocenters. The summed E-state index contributed by atoms with van der Waals surface area (Å²) < 4.78 is 33.5. The number of halogens is 1. The number of nitrogens with zero attached hydrogens (tertiary/aromatic N) is 2.